The molecule has 1 atom stereocenters. The summed E-state index contributed by atoms with van der Waals surface area (Å²) in [4.78, 5) is 10.9. The van der Waals surface area contributed by atoms with E-state index in [9.17, 15) is 14.3 Å². The molecule has 0 fully saturated rings. The molecule has 2 N–H and O–H groups in total. The van der Waals surface area contributed by atoms with E-state index in [1.54, 1.807) is 0 Å². The van der Waals surface area contributed by atoms with Crippen LogP contribution in [0.1, 0.15) is 11.7 Å². The number of halogens is 2. The van der Waals surface area contributed by atoms with Gasteiger partial charge in [-0.1, -0.05) is 28.1 Å². The minimum absolute atomic E-state index is 0.121. The Morgan fingerprint density at radius 2 is 2.07 bits per heavy atom. The van der Waals surface area contributed by atoms with Crippen molar-refractivity contribution < 1.29 is 14.3 Å². The molecule has 0 aliphatic rings. The summed E-state index contributed by atoms with van der Waals surface area (Å²) in [6, 6.07) is 5.51. The van der Waals surface area contributed by atoms with Crippen molar-refractivity contribution in [2.45, 2.75) is 6.10 Å². The molecule has 1 aromatic rings. The monoisotopic (exact) mass is 275 g/mol. The predicted octanol–water partition coefficient (Wildman–Crippen LogP) is 1.37. The third-order valence-corrected chi connectivity index (χ3v) is 2.38. The highest BCUT2D eigenvalue weighted by Gasteiger charge is 2.08. The Balaban J connectivity index is 2.50. The van der Waals surface area contributed by atoms with Crippen LogP contribution in [-0.2, 0) is 4.79 Å². The Hall–Kier alpha value is -0.940. The fraction of sp³-hybridized carbons (Fsp3) is 0.300. The van der Waals surface area contributed by atoms with E-state index in [4.69, 9.17) is 0 Å². The summed E-state index contributed by atoms with van der Waals surface area (Å²) in [5.41, 5.74) is 0.575. The average Bonchev–Trinajstić information content (AvgIpc) is 2.26. The van der Waals surface area contributed by atoms with Gasteiger partial charge in [-0.25, -0.2) is 4.39 Å². The van der Waals surface area contributed by atoms with E-state index < -0.39 is 6.10 Å². The van der Waals surface area contributed by atoms with Crippen LogP contribution in [0.5, 0.6) is 0 Å². The highest BCUT2D eigenvalue weighted by molar-refractivity contribution is 9.09. The van der Waals surface area contributed by atoms with Crippen LogP contribution < -0.4 is 5.32 Å². The first-order chi connectivity index (χ1) is 7.13. The van der Waals surface area contributed by atoms with Crippen LogP contribution in [0.4, 0.5) is 4.39 Å². The van der Waals surface area contributed by atoms with Crippen molar-refractivity contribution in [1.82, 2.24) is 5.32 Å². The van der Waals surface area contributed by atoms with Crippen LogP contribution in [-0.4, -0.2) is 22.9 Å². The van der Waals surface area contributed by atoms with Crippen molar-refractivity contribution in [3.63, 3.8) is 0 Å². The average molecular weight is 276 g/mol. The van der Waals surface area contributed by atoms with Crippen molar-refractivity contribution in [3.05, 3.63) is 35.6 Å². The van der Waals surface area contributed by atoms with Crippen molar-refractivity contribution in [3.8, 4) is 0 Å². The number of carbonyl (C=O) groups is 1. The number of aliphatic hydroxyl groups excluding tert-OH is 1. The molecule has 0 bridgehead atoms. The third kappa shape index (κ3) is 3.97. The standard InChI is InChI=1S/C10H11BrFNO2/c11-5-10(15)13-6-9(14)7-1-3-8(12)4-2-7/h1-4,9,14H,5-6H2,(H,13,15)/t9-/m0/s1. The molecule has 0 unspecified atom stereocenters. The van der Waals surface area contributed by atoms with E-state index in [2.05, 4.69) is 21.2 Å². The number of benzene rings is 1. The quantitative estimate of drug-likeness (QED) is 0.816. The van der Waals surface area contributed by atoms with E-state index in [1.165, 1.54) is 24.3 Å². The molecular weight excluding hydrogens is 265 g/mol. The second-order valence-electron chi connectivity index (χ2n) is 3.01. The van der Waals surface area contributed by atoms with E-state index >= 15 is 0 Å². The van der Waals surface area contributed by atoms with Crippen molar-refractivity contribution >= 4 is 21.8 Å². The van der Waals surface area contributed by atoms with Gasteiger partial charge in [0.2, 0.25) is 5.91 Å². The third-order valence-electron chi connectivity index (χ3n) is 1.87. The molecule has 0 aromatic heterocycles. The molecule has 5 heteroatoms. The summed E-state index contributed by atoms with van der Waals surface area (Å²) < 4.78 is 12.6. The Kier molecular flexibility index (Phi) is 4.71. The molecule has 1 aromatic carbocycles. The molecule has 0 spiro atoms. The molecule has 1 rings (SSSR count). The molecule has 0 aliphatic heterocycles. The van der Waals surface area contributed by atoms with Gasteiger partial charge in [-0.05, 0) is 17.7 Å². The topological polar surface area (TPSA) is 49.3 Å². The Morgan fingerprint density at radius 3 is 2.60 bits per heavy atom. The van der Waals surface area contributed by atoms with Gasteiger partial charge in [-0.3, -0.25) is 4.79 Å². The highest BCUT2D eigenvalue weighted by Crippen LogP contribution is 2.12. The fourth-order valence-electron chi connectivity index (χ4n) is 1.06. The minimum Gasteiger partial charge on any atom is -0.387 e. The molecule has 3 nitrogen and oxygen atoms in total. The summed E-state index contributed by atoms with van der Waals surface area (Å²) in [5.74, 6) is -0.549. The smallest absolute Gasteiger partial charge is 0.230 e. The first-order valence-corrected chi connectivity index (χ1v) is 5.52. The maximum absolute atomic E-state index is 12.6. The number of aliphatic hydroxyl groups is 1. The molecule has 0 radical (unpaired) electrons. The number of carbonyl (C=O) groups excluding carboxylic acids is 1. The molecule has 15 heavy (non-hydrogen) atoms. The van der Waals surface area contributed by atoms with Gasteiger partial charge in [-0.2, -0.15) is 0 Å². The van der Waals surface area contributed by atoms with Crippen LogP contribution in [0.25, 0.3) is 0 Å². The summed E-state index contributed by atoms with van der Waals surface area (Å²) in [5, 5.41) is 12.3. The van der Waals surface area contributed by atoms with Crippen LogP contribution in [0.3, 0.4) is 0 Å². The molecular formula is C10H11BrFNO2. The van der Waals surface area contributed by atoms with Gasteiger partial charge in [0.1, 0.15) is 5.82 Å². The summed E-state index contributed by atoms with van der Waals surface area (Å²) >= 11 is 2.99. The van der Waals surface area contributed by atoms with Crippen LogP contribution in [0.2, 0.25) is 0 Å². The zero-order valence-electron chi connectivity index (χ0n) is 7.91. The van der Waals surface area contributed by atoms with Crippen molar-refractivity contribution in [2.24, 2.45) is 0 Å². The normalized spacial score (nSPS) is 12.2. The number of amides is 1. The number of hydrogen-bond donors (Lipinski definition) is 2. The van der Waals surface area contributed by atoms with Crippen molar-refractivity contribution in [2.75, 3.05) is 11.9 Å². The Bertz CT molecular complexity index is 329. The zero-order valence-corrected chi connectivity index (χ0v) is 9.50. The van der Waals surface area contributed by atoms with Gasteiger partial charge in [-0.15, -0.1) is 0 Å². The minimum atomic E-state index is -0.811. The predicted molar refractivity (Wildman–Crippen MR) is 58.2 cm³/mol. The lowest BCUT2D eigenvalue weighted by atomic mass is 10.1. The fourth-order valence-corrected chi connectivity index (χ4v) is 1.26. The molecule has 0 aliphatic carbocycles. The lowest BCUT2D eigenvalue weighted by molar-refractivity contribution is -0.118. The molecule has 1 amide bonds. The van der Waals surface area contributed by atoms with E-state index in [1.807, 2.05) is 0 Å². The summed E-state index contributed by atoms with van der Waals surface area (Å²) in [6.07, 6.45) is -0.811. The second kappa shape index (κ2) is 5.82. The van der Waals surface area contributed by atoms with Gasteiger partial charge in [0.05, 0.1) is 11.4 Å². The summed E-state index contributed by atoms with van der Waals surface area (Å²) in [6.45, 7) is 0.121. The number of rotatable bonds is 4. The maximum atomic E-state index is 12.6. The molecule has 0 heterocycles. The summed E-state index contributed by atoms with van der Waals surface area (Å²) in [7, 11) is 0. The van der Waals surface area contributed by atoms with E-state index in [0.717, 1.165) is 0 Å². The highest BCUT2D eigenvalue weighted by atomic mass is 79.9. The first-order valence-electron chi connectivity index (χ1n) is 4.39. The SMILES string of the molecule is O=C(CBr)NC[C@H](O)c1ccc(F)cc1. The zero-order chi connectivity index (χ0) is 11.3. The van der Waals surface area contributed by atoms with Gasteiger partial charge in [0, 0.05) is 6.54 Å². The van der Waals surface area contributed by atoms with E-state index in [0.29, 0.717) is 5.56 Å². The van der Waals surface area contributed by atoms with Gasteiger partial charge in [0.25, 0.3) is 0 Å². The number of hydrogen-bond acceptors (Lipinski definition) is 2. The van der Waals surface area contributed by atoms with Crippen LogP contribution >= 0.6 is 15.9 Å². The van der Waals surface area contributed by atoms with Crippen LogP contribution in [0.15, 0.2) is 24.3 Å². The van der Waals surface area contributed by atoms with Crippen molar-refractivity contribution in [1.29, 1.82) is 0 Å². The molecule has 0 saturated heterocycles. The number of alkyl halides is 1. The first kappa shape index (κ1) is 12.1. The van der Waals surface area contributed by atoms with Crippen LogP contribution in [0, 0.1) is 5.82 Å². The van der Waals surface area contributed by atoms with Gasteiger partial charge >= 0.3 is 0 Å². The molecule has 0 saturated carbocycles. The van der Waals surface area contributed by atoms with E-state index in [-0.39, 0.29) is 23.6 Å². The lowest BCUT2D eigenvalue weighted by Gasteiger charge is -2.11. The van der Waals surface area contributed by atoms with Gasteiger partial charge < -0.3 is 10.4 Å². The maximum Gasteiger partial charge on any atom is 0.230 e. The largest absolute Gasteiger partial charge is 0.387 e. The second-order valence-corrected chi connectivity index (χ2v) is 3.57. The number of nitrogens with one attached hydrogen (secondary N) is 1. The van der Waals surface area contributed by atoms with Gasteiger partial charge in [0.15, 0.2) is 0 Å². The lowest BCUT2D eigenvalue weighted by Crippen LogP contribution is -2.29. The Morgan fingerprint density at radius 1 is 1.47 bits per heavy atom. The molecule has 82 valence electrons. The Labute approximate surface area is 95.4 Å².